The highest BCUT2D eigenvalue weighted by atomic mass is 35.5. The summed E-state index contributed by atoms with van der Waals surface area (Å²) in [6, 6.07) is 5.61. The smallest absolute Gasteiger partial charge is 0.416 e. The Kier molecular flexibility index (Phi) is 3.36. The predicted octanol–water partition coefficient (Wildman–Crippen LogP) is 4.00. The van der Waals surface area contributed by atoms with Crippen LogP contribution >= 0.6 is 11.6 Å². The normalized spacial score (nSPS) is 13.6. The van der Waals surface area contributed by atoms with Crippen molar-refractivity contribution in [3.8, 4) is 0 Å². The average Bonchev–Trinajstić information content (AvgIpc) is 2.73. The summed E-state index contributed by atoms with van der Waals surface area (Å²) in [6.07, 6.45) is -3.05. The van der Waals surface area contributed by atoms with Gasteiger partial charge >= 0.3 is 6.18 Å². The van der Waals surface area contributed by atoms with Gasteiger partial charge in [-0.1, -0.05) is 12.1 Å². The molecule has 96 valence electrons. The molecule has 0 saturated carbocycles. The van der Waals surface area contributed by atoms with Gasteiger partial charge in [0.25, 0.3) is 0 Å². The maximum absolute atomic E-state index is 12.6. The van der Waals surface area contributed by atoms with Crippen molar-refractivity contribution in [1.82, 2.24) is 0 Å². The molecule has 0 fully saturated rings. The molecule has 1 unspecified atom stereocenters. The van der Waals surface area contributed by atoms with Crippen LogP contribution in [0.25, 0.3) is 0 Å². The number of hydrogen-bond acceptors (Lipinski definition) is 2. The molecule has 2 aromatic rings. The Morgan fingerprint density at radius 2 is 1.94 bits per heavy atom. The maximum atomic E-state index is 12.6. The fourth-order valence-electron chi connectivity index (χ4n) is 1.61. The van der Waals surface area contributed by atoms with Crippen LogP contribution in [0, 0.1) is 0 Å². The van der Waals surface area contributed by atoms with Gasteiger partial charge in [0.05, 0.1) is 17.9 Å². The summed E-state index contributed by atoms with van der Waals surface area (Å²) >= 11 is 5.75. The molecule has 1 aromatic heterocycles. The van der Waals surface area contributed by atoms with E-state index in [9.17, 15) is 13.2 Å². The standard InChI is InChI=1S/C12H9ClF3NO/c13-11-9(4-5-18-11)10(17)7-2-1-3-8(6-7)12(14,15)16/h1-6,10H,17H2. The van der Waals surface area contributed by atoms with Crippen molar-refractivity contribution in [2.24, 2.45) is 5.73 Å². The predicted molar refractivity (Wildman–Crippen MR) is 61.2 cm³/mol. The Hall–Kier alpha value is -1.46. The van der Waals surface area contributed by atoms with E-state index in [1.54, 1.807) is 0 Å². The summed E-state index contributed by atoms with van der Waals surface area (Å²) in [4.78, 5) is 0. The lowest BCUT2D eigenvalue weighted by Crippen LogP contribution is -2.13. The molecular weight excluding hydrogens is 267 g/mol. The van der Waals surface area contributed by atoms with E-state index in [0.717, 1.165) is 12.1 Å². The van der Waals surface area contributed by atoms with Crippen molar-refractivity contribution in [2.75, 3.05) is 0 Å². The lowest BCUT2D eigenvalue weighted by molar-refractivity contribution is -0.137. The second-order valence-corrected chi connectivity index (χ2v) is 4.09. The molecule has 1 atom stereocenters. The second-order valence-electron chi connectivity index (χ2n) is 3.75. The van der Waals surface area contributed by atoms with E-state index < -0.39 is 17.8 Å². The zero-order valence-electron chi connectivity index (χ0n) is 9.04. The van der Waals surface area contributed by atoms with Crippen LogP contribution in [0.1, 0.15) is 22.7 Å². The van der Waals surface area contributed by atoms with Crippen LogP contribution < -0.4 is 5.73 Å². The summed E-state index contributed by atoms with van der Waals surface area (Å²) in [5.41, 5.74) is 5.90. The summed E-state index contributed by atoms with van der Waals surface area (Å²) in [5, 5.41) is 0.0833. The van der Waals surface area contributed by atoms with Crippen LogP contribution in [0.5, 0.6) is 0 Å². The quantitative estimate of drug-likeness (QED) is 0.900. The third-order valence-electron chi connectivity index (χ3n) is 2.55. The minimum atomic E-state index is -4.39. The van der Waals surface area contributed by atoms with Crippen molar-refractivity contribution in [2.45, 2.75) is 12.2 Å². The third-order valence-corrected chi connectivity index (χ3v) is 2.86. The molecule has 0 amide bonds. The molecule has 0 aliphatic heterocycles. The summed E-state index contributed by atoms with van der Waals surface area (Å²) in [5.74, 6) is 0. The van der Waals surface area contributed by atoms with Gasteiger partial charge in [0.1, 0.15) is 0 Å². The minimum absolute atomic E-state index is 0.0833. The Morgan fingerprint density at radius 3 is 2.50 bits per heavy atom. The van der Waals surface area contributed by atoms with Gasteiger partial charge in [-0.05, 0) is 35.4 Å². The van der Waals surface area contributed by atoms with E-state index >= 15 is 0 Å². The van der Waals surface area contributed by atoms with Crippen LogP contribution in [0.4, 0.5) is 13.2 Å². The number of nitrogens with two attached hydrogens (primary N) is 1. The Bertz CT molecular complexity index is 550. The number of alkyl halides is 3. The van der Waals surface area contributed by atoms with Crippen molar-refractivity contribution < 1.29 is 17.6 Å². The van der Waals surface area contributed by atoms with E-state index in [1.807, 2.05) is 0 Å². The molecule has 0 spiro atoms. The molecule has 0 aliphatic rings. The molecule has 6 heteroatoms. The zero-order valence-corrected chi connectivity index (χ0v) is 9.79. The van der Waals surface area contributed by atoms with Crippen molar-refractivity contribution in [3.05, 3.63) is 58.5 Å². The van der Waals surface area contributed by atoms with Gasteiger partial charge in [-0.25, -0.2) is 0 Å². The molecule has 0 aliphatic carbocycles. The van der Waals surface area contributed by atoms with Gasteiger partial charge < -0.3 is 10.2 Å². The zero-order chi connectivity index (χ0) is 13.3. The van der Waals surface area contributed by atoms with E-state index in [0.29, 0.717) is 11.1 Å². The molecule has 2 nitrogen and oxygen atoms in total. The second kappa shape index (κ2) is 4.66. The van der Waals surface area contributed by atoms with E-state index in [4.69, 9.17) is 21.8 Å². The molecule has 2 N–H and O–H groups in total. The number of halogens is 4. The number of benzene rings is 1. The van der Waals surface area contributed by atoms with Crippen LogP contribution in [0.3, 0.4) is 0 Å². The lowest BCUT2D eigenvalue weighted by Gasteiger charge is -2.13. The highest BCUT2D eigenvalue weighted by molar-refractivity contribution is 6.29. The first-order chi connectivity index (χ1) is 8.39. The third kappa shape index (κ3) is 2.52. The molecule has 2 rings (SSSR count). The highest BCUT2D eigenvalue weighted by Gasteiger charge is 2.31. The van der Waals surface area contributed by atoms with Gasteiger partial charge in [0, 0.05) is 5.56 Å². The Morgan fingerprint density at radius 1 is 1.22 bits per heavy atom. The van der Waals surface area contributed by atoms with Gasteiger partial charge in [0.15, 0.2) is 5.22 Å². The first-order valence-corrected chi connectivity index (χ1v) is 5.43. The lowest BCUT2D eigenvalue weighted by atomic mass is 10.00. The van der Waals surface area contributed by atoms with Crippen LogP contribution in [0.15, 0.2) is 41.0 Å². The Labute approximate surface area is 106 Å². The topological polar surface area (TPSA) is 39.2 Å². The van der Waals surface area contributed by atoms with Crippen molar-refractivity contribution >= 4 is 11.6 Å². The van der Waals surface area contributed by atoms with Crippen LogP contribution in [0.2, 0.25) is 5.22 Å². The summed E-state index contributed by atoms with van der Waals surface area (Å²) < 4.78 is 42.6. The minimum Gasteiger partial charge on any atom is -0.453 e. The molecule has 1 heterocycles. The Balaban J connectivity index is 2.38. The fraction of sp³-hybridized carbons (Fsp3) is 0.167. The van der Waals surface area contributed by atoms with E-state index in [1.165, 1.54) is 24.5 Å². The van der Waals surface area contributed by atoms with Gasteiger partial charge in [-0.3, -0.25) is 0 Å². The molecule has 18 heavy (non-hydrogen) atoms. The first kappa shape index (κ1) is 13.0. The summed E-state index contributed by atoms with van der Waals surface area (Å²) in [7, 11) is 0. The molecule has 0 bridgehead atoms. The van der Waals surface area contributed by atoms with Gasteiger partial charge in [-0.2, -0.15) is 13.2 Å². The molecule has 0 saturated heterocycles. The largest absolute Gasteiger partial charge is 0.453 e. The van der Waals surface area contributed by atoms with Crippen molar-refractivity contribution in [3.63, 3.8) is 0 Å². The number of rotatable bonds is 2. The molecule has 0 radical (unpaired) electrons. The SMILES string of the molecule is NC(c1cccc(C(F)(F)F)c1)c1ccoc1Cl. The van der Waals surface area contributed by atoms with Crippen LogP contribution in [-0.2, 0) is 6.18 Å². The number of hydrogen-bond donors (Lipinski definition) is 1. The van der Waals surface area contributed by atoms with Gasteiger partial charge in [-0.15, -0.1) is 0 Å². The van der Waals surface area contributed by atoms with Gasteiger partial charge in [0.2, 0.25) is 0 Å². The molecular formula is C12H9ClF3NO. The van der Waals surface area contributed by atoms with Crippen molar-refractivity contribution in [1.29, 1.82) is 0 Å². The average molecular weight is 276 g/mol. The van der Waals surface area contributed by atoms with Crippen LogP contribution in [-0.4, -0.2) is 0 Å². The van der Waals surface area contributed by atoms with E-state index in [-0.39, 0.29) is 5.22 Å². The monoisotopic (exact) mass is 275 g/mol. The highest BCUT2D eigenvalue weighted by Crippen LogP contribution is 2.33. The number of furan rings is 1. The summed E-state index contributed by atoms with van der Waals surface area (Å²) in [6.45, 7) is 0. The van der Waals surface area contributed by atoms with E-state index in [2.05, 4.69) is 0 Å². The maximum Gasteiger partial charge on any atom is 0.416 e. The fourth-order valence-corrected chi connectivity index (χ4v) is 1.85. The first-order valence-electron chi connectivity index (χ1n) is 5.05. The molecule has 1 aromatic carbocycles.